The molecule has 0 aliphatic carbocycles. The fourth-order valence-corrected chi connectivity index (χ4v) is 1.59. The molecule has 0 unspecified atom stereocenters. The van der Waals surface area contributed by atoms with Crippen LogP contribution in [-0.2, 0) is 6.54 Å². The molecule has 2 aromatic rings. The molecule has 2 N–H and O–H groups in total. The predicted octanol–water partition coefficient (Wildman–Crippen LogP) is 1.52. The van der Waals surface area contributed by atoms with Crippen LogP contribution in [0.5, 0.6) is 0 Å². The van der Waals surface area contributed by atoms with Crippen LogP contribution in [0.25, 0.3) is 0 Å². The van der Waals surface area contributed by atoms with Crippen LogP contribution in [-0.4, -0.2) is 27.6 Å². The molecule has 0 saturated heterocycles. The standard InChI is InChI=1S/C13H17N5O2/c1-3-5-14-11-7-10(4-6-15-11)13(19)16-8-12-17-9(2)18-20-12/h4,6-7H,3,5,8H2,1-2H3,(H,14,15)(H,16,19). The Hall–Kier alpha value is -2.44. The molecule has 0 spiro atoms. The van der Waals surface area contributed by atoms with E-state index in [1.165, 1.54) is 0 Å². The first-order chi connectivity index (χ1) is 9.69. The first-order valence-electron chi connectivity index (χ1n) is 6.46. The van der Waals surface area contributed by atoms with Crippen molar-refractivity contribution in [1.82, 2.24) is 20.4 Å². The Balaban J connectivity index is 1.94. The highest BCUT2D eigenvalue weighted by molar-refractivity contribution is 5.94. The van der Waals surface area contributed by atoms with Crippen molar-refractivity contribution >= 4 is 11.7 Å². The molecule has 0 saturated carbocycles. The van der Waals surface area contributed by atoms with Gasteiger partial charge in [-0.1, -0.05) is 12.1 Å². The fourth-order valence-electron chi connectivity index (χ4n) is 1.59. The first kappa shape index (κ1) is 14.0. The number of rotatable bonds is 6. The zero-order valence-electron chi connectivity index (χ0n) is 11.5. The molecule has 106 valence electrons. The summed E-state index contributed by atoms with van der Waals surface area (Å²) in [6, 6.07) is 3.37. The van der Waals surface area contributed by atoms with Gasteiger partial charge in [0.25, 0.3) is 5.91 Å². The second-order valence-corrected chi connectivity index (χ2v) is 4.27. The highest BCUT2D eigenvalue weighted by Crippen LogP contribution is 2.07. The van der Waals surface area contributed by atoms with E-state index < -0.39 is 0 Å². The van der Waals surface area contributed by atoms with E-state index in [1.54, 1.807) is 25.3 Å². The molecule has 0 aliphatic heterocycles. The summed E-state index contributed by atoms with van der Waals surface area (Å²) in [6.45, 7) is 4.82. The van der Waals surface area contributed by atoms with Gasteiger partial charge in [0.2, 0.25) is 5.89 Å². The summed E-state index contributed by atoms with van der Waals surface area (Å²) in [5.41, 5.74) is 0.537. The number of aryl methyl sites for hydroxylation is 1. The summed E-state index contributed by atoms with van der Waals surface area (Å²) in [7, 11) is 0. The Morgan fingerprint density at radius 3 is 3.00 bits per heavy atom. The number of pyridine rings is 1. The number of nitrogens with one attached hydrogen (secondary N) is 2. The second kappa shape index (κ2) is 6.65. The summed E-state index contributed by atoms with van der Waals surface area (Å²) < 4.78 is 4.93. The molecule has 0 bridgehead atoms. The Labute approximate surface area is 116 Å². The number of amides is 1. The van der Waals surface area contributed by atoms with Gasteiger partial charge >= 0.3 is 0 Å². The second-order valence-electron chi connectivity index (χ2n) is 4.27. The van der Waals surface area contributed by atoms with Gasteiger partial charge in [0, 0.05) is 18.3 Å². The van der Waals surface area contributed by atoms with Gasteiger partial charge in [0.05, 0.1) is 6.54 Å². The predicted molar refractivity (Wildman–Crippen MR) is 73.2 cm³/mol. The summed E-state index contributed by atoms with van der Waals surface area (Å²) in [5, 5.41) is 9.51. The van der Waals surface area contributed by atoms with Crippen molar-refractivity contribution < 1.29 is 9.32 Å². The Kier molecular flexibility index (Phi) is 4.65. The van der Waals surface area contributed by atoms with Gasteiger partial charge < -0.3 is 15.2 Å². The van der Waals surface area contributed by atoms with E-state index in [0.717, 1.165) is 13.0 Å². The molecule has 2 aromatic heterocycles. The smallest absolute Gasteiger partial charge is 0.251 e. The summed E-state index contributed by atoms with van der Waals surface area (Å²) >= 11 is 0. The SMILES string of the molecule is CCCNc1cc(C(=O)NCc2nc(C)no2)ccn1. The number of aromatic nitrogens is 3. The lowest BCUT2D eigenvalue weighted by Crippen LogP contribution is -2.23. The van der Waals surface area contributed by atoms with Crippen LogP contribution in [0.2, 0.25) is 0 Å². The van der Waals surface area contributed by atoms with Crippen molar-refractivity contribution in [1.29, 1.82) is 0 Å². The van der Waals surface area contributed by atoms with Crippen molar-refractivity contribution in [3.05, 3.63) is 35.6 Å². The number of carbonyl (C=O) groups is 1. The molecule has 7 nitrogen and oxygen atoms in total. The van der Waals surface area contributed by atoms with Crippen molar-refractivity contribution in [2.45, 2.75) is 26.8 Å². The molecule has 2 heterocycles. The maximum Gasteiger partial charge on any atom is 0.251 e. The minimum atomic E-state index is -0.206. The Bertz CT molecular complexity index is 582. The van der Waals surface area contributed by atoms with Crippen LogP contribution < -0.4 is 10.6 Å². The van der Waals surface area contributed by atoms with E-state index in [9.17, 15) is 4.79 Å². The van der Waals surface area contributed by atoms with Crippen molar-refractivity contribution in [2.24, 2.45) is 0 Å². The first-order valence-corrected chi connectivity index (χ1v) is 6.46. The van der Waals surface area contributed by atoms with Gasteiger partial charge in [-0.2, -0.15) is 4.98 Å². The highest BCUT2D eigenvalue weighted by Gasteiger charge is 2.09. The third-order valence-corrected chi connectivity index (χ3v) is 2.55. The molecule has 0 aliphatic rings. The Morgan fingerprint density at radius 1 is 1.45 bits per heavy atom. The van der Waals surface area contributed by atoms with Crippen LogP contribution in [0.4, 0.5) is 5.82 Å². The zero-order chi connectivity index (χ0) is 14.4. The van der Waals surface area contributed by atoms with Crippen LogP contribution in [0.3, 0.4) is 0 Å². The maximum absolute atomic E-state index is 12.0. The number of hydrogen-bond acceptors (Lipinski definition) is 6. The fraction of sp³-hybridized carbons (Fsp3) is 0.385. The van der Waals surface area contributed by atoms with Crippen molar-refractivity contribution in [2.75, 3.05) is 11.9 Å². The van der Waals surface area contributed by atoms with E-state index in [-0.39, 0.29) is 12.5 Å². The van der Waals surface area contributed by atoms with Gasteiger partial charge in [-0.05, 0) is 25.5 Å². The normalized spacial score (nSPS) is 10.3. The number of nitrogens with zero attached hydrogens (tertiary/aromatic N) is 3. The number of hydrogen-bond donors (Lipinski definition) is 2. The molecule has 20 heavy (non-hydrogen) atoms. The van der Waals surface area contributed by atoms with Gasteiger partial charge in [-0.3, -0.25) is 4.79 Å². The number of anilines is 1. The average Bonchev–Trinajstić information content (AvgIpc) is 2.88. The monoisotopic (exact) mass is 275 g/mol. The maximum atomic E-state index is 12.0. The van der Waals surface area contributed by atoms with Crippen LogP contribution in [0, 0.1) is 6.92 Å². The van der Waals surface area contributed by atoms with Crippen molar-refractivity contribution in [3.8, 4) is 0 Å². The van der Waals surface area contributed by atoms with Crippen LogP contribution in [0.1, 0.15) is 35.4 Å². The van der Waals surface area contributed by atoms with Gasteiger partial charge in [-0.15, -0.1) is 0 Å². The molecule has 1 amide bonds. The minimum Gasteiger partial charge on any atom is -0.370 e. The highest BCUT2D eigenvalue weighted by atomic mass is 16.5. The largest absolute Gasteiger partial charge is 0.370 e. The summed E-state index contributed by atoms with van der Waals surface area (Å²) in [5.74, 6) is 1.41. The van der Waals surface area contributed by atoms with E-state index in [4.69, 9.17) is 4.52 Å². The summed E-state index contributed by atoms with van der Waals surface area (Å²) in [6.07, 6.45) is 2.60. The van der Waals surface area contributed by atoms with Crippen LogP contribution >= 0.6 is 0 Å². The molecular weight excluding hydrogens is 258 g/mol. The van der Waals surface area contributed by atoms with E-state index in [0.29, 0.717) is 23.1 Å². The lowest BCUT2D eigenvalue weighted by Gasteiger charge is -2.06. The Morgan fingerprint density at radius 2 is 2.30 bits per heavy atom. The molecule has 0 fully saturated rings. The molecule has 2 rings (SSSR count). The molecule has 0 atom stereocenters. The van der Waals surface area contributed by atoms with Gasteiger partial charge in [0.15, 0.2) is 5.82 Å². The van der Waals surface area contributed by atoms with Crippen LogP contribution in [0.15, 0.2) is 22.9 Å². The van der Waals surface area contributed by atoms with E-state index >= 15 is 0 Å². The van der Waals surface area contributed by atoms with E-state index in [2.05, 4.69) is 32.7 Å². The molecule has 0 aromatic carbocycles. The van der Waals surface area contributed by atoms with Gasteiger partial charge in [-0.25, -0.2) is 4.98 Å². The quantitative estimate of drug-likeness (QED) is 0.830. The zero-order valence-corrected chi connectivity index (χ0v) is 11.5. The third kappa shape index (κ3) is 3.78. The molecule has 0 radical (unpaired) electrons. The lowest BCUT2D eigenvalue weighted by molar-refractivity contribution is 0.0946. The minimum absolute atomic E-state index is 0.206. The third-order valence-electron chi connectivity index (χ3n) is 2.55. The van der Waals surface area contributed by atoms with E-state index in [1.807, 2.05) is 0 Å². The van der Waals surface area contributed by atoms with Gasteiger partial charge in [0.1, 0.15) is 5.82 Å². The van der Waals surface area contributed by atoms with Crippen molar-refractivity contribution in [3.63, 3.8) is 0 Å². The molecular formula is C13H17N5O2. The average molecular weight is 275 g/mol. The lowest BCUT2D eigenvalue weighted by atomic mass is 10.2. The topological polar surface area (TPSA) is 92.9 Å². The summed E-state index contributed by atoms with van der Waals surface area (Å²) in [4.78, 5) is 20.2. The number of carbonyl (C=O) groups excluding carboxylic acids is 1. The molecule has 7 heteroatoms.